The second-order valence-corrected chi connectivity index (χ2v) is 12.0. The molecule has 0 aliphatic heterocycles. The third-order valence-corrected chi connectivity index (χ3v) is 7.21. The van der Waals surface area contributed by atoms with Gasteiger partial charge in [-0.25, -0.2) is 4.57 Å². The summed E-state index contributed by atoms with van der Waals surface area (Å²) >= 11 is 0. The van der Waals surface area contributed by atoms with Crippen molar-refractivity contribution >= 4 is 19.8 Å². The fourth-order valence-electron chi connectivity index (χ4n) is 4.28. The van der Waals surface area contributed by atoms with E-state index < -0.39 is 32.5 Å². The molecule has 0 aromatic heterocycles. The molecule has 0 amide bonds. The van der Waals surface area contributed by atoms with Crippen LogP contribution in [0, 0.1) is 0 Å². The molecule has 0 aromatic rings. The minimum atomic E-state index is -4.74. The maximum Gasteiger partial charge on any atom is 0.469 e. The van der Waals surface area contributed by atoms with Crippen molar-refractivity contribution in [1.82, 2.24) is 0 Å². The van der Waals surface area contributed by atoms with E-state index in [4.69, 9.17) is 19.3 Å². The largest absolute Gasteiger partial charge is 0.469 e. The van der Waals surface area contributed by atoms with Crippen LogP contribution in [0.25, 0.3) is 0 Å². The van der Waals surface area contributed by atoms with E-state index in [9.17, 15) is 14.2 Å². The Morgan fingerprint density at radius 3 is 1.66 bits per heavy atom. The summed E-state index contributed by atoms with van der Waals surface area (Å²) in [5.74, 6) is -0.906. The first-order valence-corrected chi connectivity index (χ1v) is 17.7. The molecule has 0 saturated heterocycles. The summed E-state index contributed by atoms with van der Waals surface area (Å²) < 4.78 is 26.1. The Morgan fingerprint density at radius 1 is 0.634 bits per heavy atom. The van der Waals surface area contributed by atoms with Crippen LogP contribution in [0.2, 0.25) is 0 Å². The number of allylic oxidation sites excluding steroid dienone is 4. The minimum Gasteiger partial charge on any atom is -0.462 e. The molecule has 240 valence electrons. The molecule has 0 spiro atoms. The van der Waals surface area contributed by atoms with Crippen molar-refractivity contribution in [2.45, 2.75) is 155 Å². The number of ether oxygens (including phenoxy) is 2. The van der Waals surface area contributed by atoms with Gasteiger partial charge in [-0.05, 0) is 44.9 Å². The normalized spacial score (nSPS) is 12.8. The van der Waals surface area contributed by atoms with E-state index in [0.717, 1.165) is 57.8 Å². The first-order chi connectivity index (χ1) is 19.8. The van der Waals surface area contributed by atoms with Crippen molar-refractivity contribution in [3.8, 4) is 0 Å². The van der Waals surface area contributed by atoms with E-state index in [0.29, 0.717) is 6.42 Å². The number of hydrogen-bond acceptors (Lipinski definition) is 6. The highest BCUT2D eigenvalue weighted by Crippen LogP contribution is 2.35. The van der Waals surface area contributed by atoms with E-state index >= 15 is 0 Å². The lowest BCUT2D eigenvalue weighted by Crippen LogP contribution is -2.29. The van der Waals surface area contributed by atoms with Crippen LogP contribution in [0.5, 0.6) is 0 Å². The molecular formula is C32H59O8P. The van der Waals surface area contributed by atoms with Crippen LogP contribution in [0.4, 0.5) is 0 Å². The van der Waals surface area contributed by atoms with Crippen LogP contribution in [-0.4, -0.2) is 41.0 Å². The van der Waals surface area contributed by atoms with Crippen molar-refractivity contribution in [3.63, 3.8) is 0 Å². The topological polar surface area (TPSA) is 119 Å². The van der Waals surface area contributed by atoms with Crippen molar-refractivity contribution in [3.05, 3.63) is 24.3 Å². The molecule has 41 heavy (non-hydrogen) atoms. The predicted molar refractivity (Wildman–Crippen MR) is 165 cm³/mol. The van der Waals surface area contributed by atoms with Gasteiger partial charge in [0.05, 0.1) is 6.61 Å². The average Bonchev–Trinajstić information content (AvgIpc) is 2.93. The molecule has 0 bridgehead atoms. The molecule has 0 fully saturated rings. The molecule has 0 rings (SSSR count). The van der Waals surface area contributed by atoms with E-state index in [1.54, 1.807) is 0 Å². The van der Waals surface area contributed by atoms with Gasteiger partial charge in [-0.2, -0.15) is 0 Å². The summed E-state index contributed by atoms with van der Waals surface area (Å²) in [5.41, 5.74) is 0. The van der Waals surface area contributed by atoms with Crippen LogP contribution in [0.3, 0.4) is 0 Å². The van der Waals surface area contributed by atoms with Gasteiger partial charge in [0.1, 0.15) is 6.61 Å². The molecule has 0 aromatic carbocycles. The third-order valence-electron chi connectivity index (χ3n) is 6.72. The highest BCUT2D eigenvalue weighted by molar-refractivity contribution is 7.46. The van der Waals surface area contributed by atoms with E-state index in [1.165, 1.54) is 57.8 Å². The predicted octanol–water partition coefficient (Wildman–Crippen LogP) is 8.90. The first kappa shape index (κ1) is 39.5. The molecule has 1 unspecified atom stereocenters. The van der Waals surface area contributed by atoms with Gasteiger partial charge < -0.3 is 19.3 Å². The van der Waals surface area contributed by atoms with Crippen LogP contribution >= 0.6 is 7.82 Å². The SMILES string of the molecule is CCCCC/C=C\C/C=C\CCCCCCCC(=O)OC(COC(=O)CCCCCCCCCC)COP(=O)(O)O. The zero-order valence-electron chi connectivity index (χ0n) is 25.9. The van der Waals surface area contributed by atoms with Gasteiger partial charge >= 0.3 is 19.8 Å². The number of hydrogen-bond donors (Lipinski definition) is 2. The quantitative estimate of drug-likeness (QED) is 0.0377. The molecule has 0 heterocycles. The van der Waals surface area contributed by atoms with Gasteiger partial charge in [-0.3, -0.25) is 14.1 Å². The van der Waals surface area contributed by atoms with Gasteiger partial charge in [-0.15, -0.1) is 0 Å². The summed E-state index contributed by atoms with van der Waals surface area (Å²) in [6, 6.07) is 0. The highest BCUT2D eigenvalue weighted by Gasteiger charge is 2.22. The van der Waals surface area contributed by atoms with Crippen LogP contribution in [-0.2, 0) is 28.2 Å². The number of phosphoric acid groups is 1. The standard InChI is InChI=1S/C32H59O8P/c1-3-5-7-9-11-13-14-15-16-17-18-19-21-23-25-27-32(34)40-30(29-39-41(35,36)37)28-38-31(33)26-24-22-20-12-10-8-6-4-2/h11,13,15-16,30H,3-10,12,14,17-29H2,1-2H3,(H2,35,36,37)/b13-11-,16-15-. The van der Waals surface area contributed by atoms with Gasteiger partial charge in [-0.1, -0.05) is 115 Å². The molecule has 0 saturated carbocycles. The lowest BCUT2D eigenvalue weighted by molar-refractivity contribution is -0.161. The highest BCUT2D eigenvalue weighted by atomic mass is 31.2. The molecule has 0 aliphatic rings. The number of esters is 2. The van der Waals surface area contributed by atoms with E-state index in [1.807, 2.05) is 0 Å². The van der Waals surface area contributed by atoms with Crippen LogP contribution in [0.15, 0.2) is 24.3 Å². The smallest absolute Gasteiger partial charge is 0.462 e. The number of rotatable bonds is 29. The van der Waals surface area contributed by atoms with Gasteiger partial charge in [0.25, 0.3) is 0 Å². The van der Waals surface area contributed by atoms with Crippen molar-refractivity contribution in [1.29, 1.82) is 0 Å². The summed E-state index contributed by atoms with van der Waals surface area (Å²) in [6.07, 6.45) is 29.1. The monoisotopic (exact) mass is 602 g/mol. The maximum absolute atomic E-state index is 12.3. The van der Waals surface area contributed by atoms with E-state index in [2.05, 4.69) is 42.7 Å². The molecule has 2 N–H and O–H groups in total. The molecule has 0 aliphatic carbocycles. The second kappa shape index (κ2) is 28.6. The number of carbonyl (C=O) groups excluding carboxylic acids is 2. The Bertz CT molecular complexity index is 731. The van der Waals surface area contributed by atoms with Gasteiger partial charge in [0, 0.05) is 12.8 Å². The zero-order chi connectivity index (χ0) is 30.4. The zero-order valence-corrected chi connectivity index (χ0v) is 26.8. The Labute approximate surface area is 249 Å². The Morgan fingerprint density at radius 2 is 1.10 bits per heavy atom. The summed E-state index contributed by atoms with van der Waals surface area (Å²) in [5, 5.41) is 0. The molecule has 8 nitrogen and oxygen atoms in total. The Hall–Kier alpha value is -1.47. The fraction of sp³-hybridized carbons (Fsp3) is 0.812. The van der Waals surface area contributed by atoms with Gasteiger partial charge in [0.2, 0.25) is 0 Å². The van der Waals surface area contributed by atoms with Crippen LogP contribution in [0.1, 0.15) is 149 Å². The fourth-order valence-corrected chi connectivity index (χ4v) is 4.64. The van der Waals surface area contributed by atoms with Gasteiger partial charge in [0.15, 0.2) is 6.10 Å². The lowest BCUT2D eigenvalue weighted by atomic mass is 10.1. The first-order valence-electron chi connectivity index (χ1n) is 16.1. The summed E-state index contributed by atoms with van der Waals surface area (Å²) in [7, 11) is -4.74. The maximum atomic E-state index is 12.3. The number of unbranched alkanes of at least 4 members (excludes halogenated alkanes) is 15. The third kappa shape index (κ3) is 31.3. The lowest BCUT2D eigenvalue weighted by Gasteiger charge is -2.18. The number of phosphoric ester groups is 1. The summed E-state index contributed by atoms with van der Waals surface area (Å²) in [6.45, 7) is 3.58. The number of carbonyl (C=O) groups is 2. The average molecular weight is 603 g/mol. The minimum absolute atomic E-state index is 0.198. The molecular weight excluding hydrogens is 543 g/mol. The van der Waals surface area contributed by atoms with Crippen molar-refractivity contribution in [2.24, 2.45) is 0 Å². The van der Waals surface area contributed by atoms with Crippen molar-refractivity contribution < 1.29 is 37.9 Å². The molecule has 0 radical (unpaired) electrons. The second-order valence-electron chi connectivity index (χ2n) is 10.8. The summed E-state index contributed by atoms with van der Waals surface area (Å²) in [4.78, 5) is 42.3. The molecule has 1 atom stereocenters. The Balaban J connectivity index is 4.05. The Kier molecular flexibility index (Phi) is 27.6. The van der Waals surface area contributed by atoms with Crippen LogP contribution < -0.4 is 0 Å². The van der Waals surface area contributed by atoms with Crippen molar-refractivity contribution in [2.75, 3.05) is 13.2 Å². The molecule has 9 heteroatoms. The van der Waals surface area contributed by atoms with E-state index in [-0.39, 0.29) is 19.4 Å².